The lowest BCUT2D eigenvalue weighted by Crippen LogP contribution is -1.97. The molecule has 4 heteroatoms. The second-order valence-corrected chi connectivity index (χ2v) is 5.32. The largest absolute Gasteiger partial charge is 0.478 e. The van der Waals surface area contributed by atoms with Crippen LogP contribution in [0.3, 0.4) is 0 Å². The van der Waals surface area contributed by atoms with Crippen molar-refractivity contribution in [1.29, 1.82) is 0 Å². The first kappa shape index (κ1) is 12.8. The number of aromatic nitrogens is 1. The molecule has 0 saturated carbocycles. The van der Waals surface area contributed by atoms with Crippen LogP contribution in [0.2, 0.25) is 0 Å². The van der Waals surface area contributed by atoms with E-state index in [0.29, 0.717) is 11.1 Å². The van der Waals surface area contributed by atoms with Gasteiger partial charge in [-0.25, -0.2) is 4.79 Å². The lowest BCUT2D eigenvalue weighted by atomic mass is 10.0. The standard InChI is InChI=1S/C16H13NO2S/c1-20-12-7-5-11(6-8-12)13-10-17-9-3-2-4-14(17)15(13)16(18)19/h2-10H,1H3,(H,18,19). The molecule has 1 N–H and O–H groups in total. The van der Waals surface area contributed by atoms with Crippen LogP contribution < -0.4 is 0 Å². The maximum Gasteiger partial charge on any atom is 0.338 e. The average molecular weight is 283 g/mol. The third kappa shape index (κ3) is 2.08. The molecule has 20 heavy (non-hydrogen) atoms. The van der Waals surface area contributed by atoms with Crippen molar-refractivity contribution >= 4 is 23.2 Å². The summed E-state index contributed by atoms with van der Waals surface area (Å²) < 4.78 is 1.85. The monoisotopic (exact) mass is 283 g/mol. The molecule has 3 nitrogen and oxygen atoms in total. The molecule has 0 amide bonds. The highest BCUT2D eigenvalue weighted by molar-refractivity contribution is 7.98. The van der Waals surface area contributed by atoms with Crippen molar-refractivity contribution in [3.63, 3.8) is 0 Å². The fourth-order valence-corrected chi connectivity index (χ4v) is 2.74. The molecule has 0 radical (unpaired) electrons. The van der Waals surface area contributed by atoms with Gasteiger partial charge in [-0.15, -0.1) is 11.8 Å². The topological polar surface area (TPSA) is 41.7 Å². The molecule has 0 unspecified atom stereocenters. The van der Waals surface area contributed by atoms with E-state index < -0.39 is 5.97 Å². The molecule has 0 atom stereocenters. The zero-order chi connectivity index (χ0) is 14.1. The smallest absolute Gasteiger partial charge is 0.338 e. The Bertz CT molecular complexity index is 775. The molecule has 2 aromatic heterocycles. The van der Waals surface area contributed by atoms with Gasteiger partial charge >= 0.3 is 5.97 Å². The molecule has 100 valence electrons. The minimum absolute atomic E-state index is 0.350. The van der Waals surface area contributed by atoms with Crippen molar-refractivity contribution in [1.82, 2.24) is 4.40 Å². The van der Waals surface area contributed by atoms with Crippen LogP contribution in [0.4, 0.5) is 0 Å². The number of thioether (sulfide) groups is 1. The van der Waals surface area contributed by atoms with Gasteiger partial charge in [-0.1, -0.05) is 18.2 Å². The van der Waals surface area contributed by atoms with Crippen molar-refractivity contribution in [3.8, 4) is 11.1 Å². The Morgan fingerprint density at radius 3 is 2.55 bits per heavy atom. The van der Waals surface area contributed by atoms with E-state index in [2.05, 4.69) is 0 Å². The molecule has 0 aliphatic heterocycles. The second-order valence-electron chi connectivity index (χ2n) is 4.44. The fraction of sp³-hybridized carbons (Fsp3) is 0.0625. The number of benzene rings is 1. The van der Waals surface area contributed by atoms with Crippen LogP contribution >= 0.6 is 11.8 Å². The van der Waals surface area contributed by atoms with E-state index in [9.17, 15) is 9.90 Å². The Labute approximate surface area is 120 Å². The highest BCUT2D eigenvalue weighted by atomic mass is 32.2. The first-order chi connectivity index (χ1) is 9.70. The molecular formula is C16H13NO2S. The number of rotatable bonds is 3. The summed E-state index contributed by atoms with van der Waals surface area (Å²) in [5, 5.41) is 9.50. The SMILES string of the molecule is CSc1ccc(-c2cn3ccccc3c2C(=O)O)cc1. The van der Waals surface area contributed by atoms with Crippen LogP contribution in [0.25, 0.3) is 16.6 Å². The van der Waals surface area contributed by atoms with E-state index in [1.54, 1.807) is 11.8 Å². The van der Waals surface area contributed by atoms with Gasteiger partial charge in [0.2, 0.25) is 0 Å². The van der Waals surface area contributed by atoms with Gasteiger partial charge in [0, 0.05) is 22.9 Å². The number of carboxylic acids is 1. The van der Waals surface area contributed by atoms with Gasteiger partial charge in [0.1, 0.15) is 0 Å². The van der Waals surface area contributed by atoms with Crippen LogP contribution in [-0.2, 0) is 0 Å². The van der Waals surface area contributed by atoms with E-state index in [0.717, 1.165) is 16.0 Å². The maximum absolute atomic E-state index is 11.6. The zero-order valence-electron chi connectivity index (χ0n) is 10.9. The van der Waals surface area contributed by atoms with Crippen molar-refractivity contribution in [2.75, 3.05) is 6.26 Å². The zero-order valence-corrected chi connectivity index (χ0v) is 11.7. The van der Waals surface area contributed by atoms with E-state index in [4.69, 9.17) is 0 Å². The predicted molar refractivity (Wildman–Crippen MR) is 81.6 cm³/mol. The molecule has 0 spiro atoms. The van der Waals surface area contributed by atoms with Crippen molar-refractivity contribution in [2.45, 2.75) is 4.90 Å². The summed E-state index contributed by atoms with van der Waals surface area (Å²) in [7, 11) is 0. The van der Waals surface area contributed by atoms with Crippen LogP contribution in [0.1, 0.15) is 10.4 Å². The van der Waals surface area contributed by atoms with Crippen LogP contribution in [0, 0.1) is 0 Å². The molecule has 1 aromatic carbocycles. The molecule has 3 rings (SSSR count). The first-order valence-electron chi connectivity index (χ1n) is 6.18. The molecule has 0 aliphatic rings. The van der Waals surface area contributed by atoms with Crippen LogP contribution in [-0.4, -0.2) is 21.7 Å². The first-order valence-corrected chi connectivity index (χ1v) is 7.40. The Morgan fingerprint density at radius 1 is 1.15 bits per heavy atom. The number of pyridine rings is 1. The lowest BCUT2D eigenvalue weighted by molar-refractivity contribution is 0.0700. The molecule has 0 saturated heterocycles. The summed E-state index contributed by atoms with van der Waals surface area (Å²) >= 11 is 1.67. The van der Waals surface area contributed by atoms with Crippen LogP contribution in [0.15, 0.2) is 59.8 Å². The van der Waals surface area contributed by atoms with Gasteiger partial charge in [0.15, 0.2) is 0 Å². The van der Waals surface area contributed by atoms with Crippen molar-refractivity contribution < 1.29 is 9.90 Å². The molecule has 0 bridgehead atoms. The van der Waals surface area contributed by atoms with Crippen molar-refractivity contribution in [2.24, 2.45) is 0 Å². The van der Waals surface area contributed by atoms with Gasteiger partial charge in [-0.2, -0.15) is 0 Å². The Balaban J connectivity index is 2.23. The fourth-order valence-electron chi connectivity index (χ4n) is 2.34. The summed E-state index contributed by atoms with van der Waals surface area (Å²) in [6.45, 7) is 0. The van der Waals surface area contributed by atoms with Crippen molar-refractivity contribution in [3.05, 3.63) is 60.4 Å². The quantitative estimate of drug-likeness (QED) is 0.738. The van der Waals surface area contributed by atoms with E-state index in [1.165, 1.54) is 0 Å². The maximum atomic E-state index is 11.6. The second kappa shape index (κ2) is 5.06. The van der Waals surface area contributed by atoms with Gasteiger partial charge in [0.05, 0.1) is 11.1 Å². The number of nitrogens with zero attached hydrogens (tertiary/aromatic N) is 1. The molecular weight excluding hydrogens is 270 g/mol. The average Bonchev–Trinajstić information content (AvgIpc) is 2.86. The number of carboxylic acid groups (broad SMARTS) is 1. The molecule has 3 aromatic rings. The minimum atomic E-state index is -0.900. The van der Waals surface area contributed by atoms with Crippen LogP contribution in [0.5, 0.6) is 0 Å². The third-order valence-corrected chi connectivity index (χ3v) is 4.04. The Hall–Kier alpha value is -2.20. The normalized spacial score (nSPS) is 10.8. The number of carbonyl (C=O) groups is 1. The molecule has 0 fully saturated rings. The van der Waals surface area contributed by atoms with E-state index >= 15 is 0 Å². The summed E-state index contributed by atoms with van der Waals surface area (Å²) in [4.78, 5) is 12.7. The predicted octanol–water partition coefficient (Wildman–Crippen LogP) is 4.03. The minimum Gasteiger partial charge on any atom is -0.478 e. The summed E-state index contributed by atoms with van der Waals surface area (Å²) in [5.74, 6) is -0.900. The number of hydrogen-bond donors (Lipinski definition) is 1. The highest BCUT2D eigenvalue weighted by Crippen LogP contribution is 2.30. The summed E-state index contributed by atoms with van der Waals surface area (Å²) in [6.07, 6.45) is 5.75. The van der Waals surface area contributed by atoms with Gasteiger partial charge in [-0.3, -0.25) is 0 Å². The van der Waals surface area contributed by atoms with Gasteiger partial charge in [-0.05, 0) is 36.1 Å². The summed E-state index contributed by atoms with van der Waals surface area (Å²) in [6, 6.07) is 13.5. The molecule has 0 aliphatic carbocycles. The van der Waals surface area contributed by atoms with E-state index in [1.807, 2.05) is 65.5 Å². The van der Waals surface area contributed by atoms with Gasteiger partial charge < -0.3 is 9.51 Å². The Kier molecular flexibility index (Phi) is 3.24. The number of fused-ring (bicyclic) bond motifs is 1. The lowest BCUT2D eigenvalue weighted by Gasteiger charge is -2.02. The number of hydrogen-bond acceptors (Lipinski definition) is 2. The van der Waals surface area contributed by atoms with E-state index in [-0.39, 0.29) is 0 Å². The number of aromatic carboxylic acids is 1. The molecule has 2 heterocycles. The Morgan fingerprint density at radius 2 is 1.90 bits per heavy atom. The summed E-state index contributed by atoms with van der Waals surface area (Å²) in [5.41, 5.74) is 2.73. The third-order valence-electron chi connectivity index (χ3n) is 3.30. The van der Waals surface area contributed by atoms with Gasteiger partial charge in [0.25, 0.3) is 0 Å². The highest BCUT2D eigenvalue weighted by Gasteiger charge is 2.17.